The zero-order valence-corrected chi connectivity index (χ0v) is 9.86. The van der Waals surface area contributed by atoms with Crippen LogP contribution in [0.4, 0.5) is 0 Å². The average Bonchev–Trinajstić information content (AvgIpc) is 2.58. The van der Waals surface area contributed by atoms with E-state index >= 15 is 0 Å². The Bertz CT molecular complexity index is 202. The van der Waals surface area contributed by atoms with E-state index in [0.29, 0.717) is 6.04 Å². The van der Waals surface area contributed by atoms with E-state index in [1.165, 1.54) is 6.54 Å². The van der Waals surface area contributed by atoms with Gasteiger partial charge in [-0.05, 0) is 19.8 Å². The monoisotopic (exact) mass is 197 g/mol. The summed E-state index contributed by atoms with van der Waals surface area (Å²) in [6.45, 7) is 12.6. The van der Waals surface area contributed by atoms with E-state index in [-0.39, 0.29) is 0 Å². The molecule has 0 aliphatic carbocycles. The zero-order chi connectivity index (χ0) is 10.3. The lowest BCUT2D eigenvalue weighted by atomic mass is 9.87. The van der Waals surface area contributed by atoms with Crippen LogP contribution in [-0.2, 0) is 4.74 Å². The number of ether oxygens (including phenoxy) is 1. The molecular weight excluding hydrogens is 174 g/mol. The summed E-state index contributed by atoms with van der Waals surface area (Å²) in [5, 5.41) is 0. The van der Waals surface area contributed by atoms with E-state index in [1.807, 2.05) is 0 Å². The maximum Gasteiger partial charge on any atom is 0.0513 e. The Morgan fingerprint density at radius 3 is 2.43 bits per heavy atom. The second kappa shape index (κ2) is 3.82. The number of hydrogen-bond donors (Lipinski definition) is 0. The third-order valence-electron chi connectivity index (χ3n) is 3.86. The lowest BCUT2D eigenvalue weighted by Gasteiger charge is -2.33. The largest absolute Gasteiger partial charge is 0.381 e. The molecule has 14 heavy (non-hydrogen) atoms. The standard InChI is InChI=1S/C12H23NO/c1-8(2)12-11-7-14-6-10(11)5-13(12)9(3)4/h8-12H,5-7H2,1-4H3. The van der Waals surface area contributed by atoms with Gasteiger partial charge in [-0.3, -0.25) is 4.90 Å². The van der Waals surface area contributed by atoms with Crippen LogP contribution in [0.25, 0.3) is 0 Å². The van der Waals surface area contributed by atoms with Crippen molar-refractivity contribution in [3.8, 4) is 0 Å². The summed E-state index contributed by atoms with van der Waals surface area (Å²) in [6, 6.07) is 1.44. The molecule has 0 radical (unpaired) electrons. The van der Waals surface area contributed by atoms with Gasteiger partial charge in [0, 0.05) is 30.5 Å². The number of nitrogens with zero attached hydrogens (tertiary/aromatic N) is 1. The fourth-order valence-corrected chi connectivity index (χ4v) is 3.25. The summed E-state index contributed by atoms with van der Waals surface area (Å²) in [5.41, 5.74) is 0. The van der Waals surface area contributed by atoms with E-state index in [1.54, 1.807) is 0 Å². The first-order valence-electron chi connectivity index (χ1n) is 5.94. The molecule has 0 amide bonds. The molecule has 2 nitrogen and oxygen atoms in total. The predicted octanol–water partition coefficient (Wildman–Crippen LogP) is 2.00. The molecule has 3 atom stereocenters. The topological polar surface area (TPSA) is 12.5 Å². The van der Waals surface area contributed by atoms with Gasteiger partial charge in [0.2, 0.25) is 0 Å². The summed E-state index contributed by atoms with van der Waals surface area (Å²) in [4.78, 5) is 2.68. The molecular formula is C12H23NO. The maximum absolute atomic E-state index is 5.59. The van der Waals surface area contributed by atoms with Gasteiger partial charge in [0.15, 0.2) is 0 Å². The van der Waals surface area contributed by atoms with Crippen LogP contribution in [0, 0.1) is 17.8 Å². The van der Waals surface area contributed by atoms with Crippen molar-refractivity contribution in [2.45, 2.75) is 39.8 Å². The van der Waals surface area contributed by atoms with Crippen LogP contribution in [0.2, 0.25) is 0 Å². The minimum atomic E-state index is 0.688. The van der Waals surface area contributed by atoms with Gasteiger partial charge in [0.1, 0.15) is 0 Å². The van der Waals surface area contributed by atoms with Gasteiger partial charge < -0.3 is 4.74 Å². The Kier molecular flexibility index (Phi) is 2.85. The Morgan fingerprint density at radius 2 is 1.86 bits per heavy atom. The molecule has 0 bridgehead atoms. The normalized spacial score (nSPS) is 38.6. The van der Waals surface area contributed by atoms with Crippen LogP contribution in [0.1, 0.15) is 27.7 Å². The fraction of sp³-hybridized carbons (Fsp3) is 1.00. The van der Waals surface area contributed by atoms with Crippen molar-refractivity contribution in [2.75, 3.05) is 19.8 Å². The van der Waals surface area contributed by atoms with Crippen molar-refractivity contribution in [3.05, 3.63) is 0 Å². The van der Waals surface area contributed by atoms with Gasteiger partial charge >= 0.3 is 0 Å². The molecule has 2 saturated heterocycles. The van der Waals surface area contributed by atoms with Gasteiger partial charge in [-0.15, -0.1) is 0 Å². The molecule has 2 rings (SSSR count). The summed E-state index contributed by atoms with van der Waals surface area (Å²) >= 11 is 0. The first-order chi connectivity index (χ1) is 6.61. The van der Waals surface area contributed by atoms with E-state index in [4.69, 9.17) is 4.74 Å². The third kappa shape index (κ3) is 1.59. The van der Waals surface area contributed by atoms with Crippen molar-refractivity contribution < 1.29 is 4.74 Å². The predicted molar refractivity (Wildman–Crippen MR) is 58.3 cm³/mol. The quantitative estimate of drug-likeness (QED) is 0.671. The molecule has 3 unspecified atom stereocenters. The van der Waals surface area contributed by atoms with E-state index in [0.717, 1.165) is 37.0 Å². The maximum atomic E-state index is 5.59. The van der Waals surface area contributed by atoms with Crippen LogP contribution in [0.3, 0.4) is 0 Å². The number of likely N-dealkylation sites (tertiary alicyclic amines) is 1. The average molecular weight is 197 g/mol. The van der Waals surface area contributed by atoms with Crippen LogP contribution in [0.15, 0.2) is 0 Å². The lowest BCUT2D eigenvalue weighted by molar-refractivity contribution is 0.0925. The van der Waals surface area contributed by atoms with Gasteiger partial charge in [0.05, 0.1) is 13.2 Å². The van der Waals surface area contributed by atoms with Crippen molar-refractivity contribution in [1.29, 1.82) is 0 Å². The minimum absolute atomic E-state index is 0.688. The Labute approximate surface area is 87.6 Å². The SMILES string of the molecule is CC(C)C1C2COCC2CN1C(C)C. The van der Waals surface area contributed by atoms with Gasteiger partial charge in [0.25, 0.3) is 0 Å². The summed E-state index contributed by atoms with van der Waals surface area (Å²) in [6.07, 6.45) is 0. The highest BCUT2D eigenvalue weighted by molar-refractivity contribution is 4.97. The molecule has 0 saturated carbocycles. The van der Waals surface area contributed by atoms with Crippen LogP contribution < -0.4 is 0 Å². The summed E-state index contributed by atoms with van der Waals surface area (Å²) in [5.74, 6) is 2.37. The highest BCUT2D eigenvalue weighted by Crippen LogP contribution is 2.39. The second-order valence-corrected chi connectivity index (χ2v) is 5.49. The zero-order valence-electron chi connectivity index (χ0n) is 9.86. The summed E-state index contributed by atoms with van der Waals surface area (Å²) < 4.78 is 5.59. The third-order valence-corrected chi connectivity index (χ3v) is 3.86. The molecule has 0 spiro atoms. The van der Waals surface area contributed by atoms with E-state index in [2.05, 4.69) is 32.6 Å². The fourth-order valence-electron chi connectivity index (χ4n) is 3.25. The Balaban J connectivity index is 2.13. The lowest BCUT2D eigenvalue weighted by Crippen LogP contribution is -2.42. The van der Waals surface area contributed by atoms with Gasteiger partial charge in [-0.1, -0.05) is 13.8 Å². The van der Waals surface area contributed by atoms with E-state index in [9.17, 15) is 0 Å². The van der Waals surface area contributed by atoms with Gasteiger partial charge in [-0.25, -0.2) is 0 Å². The van der Waals surface area contributed by atoms with Crippen LogP contribution in [0.5, 0.6) is 0 Å². The number of fused-ring (bicyclic) bond motifs is 1. The molecule has 82 valence electrons. The highest BCUT2D eigenvalue weighted by Gasteiger charge is 2.46. The minimum Gasteiger partial charge on any atom is -0.381 e. The van der Waals surface area contributed by atoms with E-state index < -0.39 is 0 Å². The molecule has 2 aliphatic rings. The molecule has 2 fully saturated rings. The van der Waals surface area contributed by atoms with Crippen molar-refractivity contribution >= 4 is 0 Å². The first-order valence-corrected chi connectivity index (χ1v) is 5.94. The number of rotatable bonds is 2. The van der Waals surface area contributed by atoms with Crippen LogP contribution in [-0.4, -0.2) is 36.7 Å². The molecule has 0 N–H and O–H groups in total. The number of hydrogen-bond acceptors (Lipinski definition) is 2. The Morgan fingerprint density at radius 1 is 1.14 bits per heavy atom. The molecule has 2 heteroatoms. The van der Waals surface area contributed by atoms with Crippen molar-refractivity contribution in [1.82, 2.24) is 4.90 Å². The molecule has 0 aromatic heterocycles. The molecule has 2 heterocycles. The molecule has 0 aromatic rings. The first kappa shape index (κ1) is 10.4. The summed E-state index contributed by atoms with van der Waals surface area (Å²) in [7, 11) is 0. The molecule has 2 aliphatic heterocycles. The van der Waals surface area contributed by atoms with Gasteiger partial charge in [-0.2, -0.15) is 0 Å². The molecule has 0 aromatic carbocycles. The highest BCUT2D eigenvalue weighted by atomic mass is 16.5. The van der Waals surface area contributed by atoms with Crippen LogP contribution >= 0.6 is 0 Å². The Hall–Kier alpha value is -0.0800. The smallest absolute Gasteiger partial charge is 0.0513 e. The van der Waals surface area contributed by atoms with Crippen molar-refractivity contribution in [2.24, 2.45) is 17.8 Å². The second-order valence-electron chi connectivity index (χ2n) is 5.49. The van der Waals surface area contributed by atoms with Crippen molar-refractivity contribution in [3.63, 3.8) is 0 Å².